The first-order valence-electron chi connectivity index (χ1n) is 9.08. The van der Waals surface area contributed by atoms with E-state index < -0.39 is 11.9 Å². The molecule has 2 aromatic carbocycles. The summed E-state index contributed by atoms with van der Waals surface area (Å²) in [7, 11) is 1.22. The molecule has 1 saturated heterocycles. The fraction of sp³-hybridized carbons (Fsp3) is 0.333. The Bertz CT molecular complexity index is 794. The van der Waals surface area contributed by atoms with Crippen LogP contribution in [0.15, 0.2) is 54.6 Å². The van der Waals surface area contributed by atoms with Crippen molar-refractivity contribution in [1.82, 2.24) is 0 Å². The number of amides is 1. The highest BCUT2D eigenvalue weighted by Gasteiger charge is 2.30. The summed E-state index contributed by atoms with van der Waals surface area (Å²) in [6.07, 6.45) is 1.16. The van der Waals surface area contributed by atoms with E-state index in [1.165, 1.54) is 12.0 Å². The Labute approximate surface area is 173 Å². The molecule has 1 aliphatic heterocycles. The van der Waals surface area contributed by atoms with Crippen molar-refractivity contribution in [1.29, 1.82) is 0 Å². The number of benzene rings is 2. The molecule has 0 aliphatic carbocycles. The molecule has 28 heavy (non-hydrogen) atoms. The first-order valence-corrected chi connectivity index (χ1v) is 11.2. The second-order valence-electron chi connectivity index (χ2n) is 6.17. The molecule has 0 N–H and O–H groups in total. The largest absolute Gasteiger partial charge is 0.487 e. The molecular weight excluding hydrogens is 394 g/mol. The van der Waals surface area contributed by atoms with E-state index in [0.717, 1.165) is 23.5 Å². The summed E-state index contributed by atoms with van der Waals surface area (Å²) in [5.41, 5.74) is 1.61. The van der Waals surface area contributed by atoms with Crippen LogP contribution in [0.25, 0.3) is 0 Å². The van der Waals surface area contributed by atoms with Crippen molar-refractivity contribution in [2.24, 2.45) is 0 Å². The summed E-state index contributed by atoms with van der Waals surface area (Å²) in [6.45, 7) is 0.806. The van der Waals surface area contributed by atoms with Crippen LogP contribution >= 0.6 is 23.5 Å². The normalized spacial score (nSPS) is 14.3. The lowest BCUT2D eigenvalue weighted by molar-refractivity contribution is -0.151. The lowest BCUT2D eigenvalue weighted by atomic mass is 10.2. The van der Waals surface area contributed by atoms with Gasteiger partial charge in [0.05, 0.1) is 17.4 Å². The second kappa shape index (κ2) is 10.4. The maximum absolute atomic E-state index is 12.8. The molecule has 3 rings (SSSR count). The smallest absolute Gasteiger partial charge is 0.397 e. The number of methoxy groups -OCH3 is 1. The first-order chi connectivity index (χ1) is 13.7. The lowest BCUT2D eigenvalue weighted by Crippen LogP contribution is -2.41. The topological polar surface area (TPSA) is 55.8 Å². The van der Waals surface area contributed by atoms with Crippen molar-refractivity contribution in [2.75, 3.05) is 30.1 Å². The molecule has 0 radical (unpaired) electrons. The van der Waals surface area contributed by atoms with Crippen molar-refractivity contribution in [3.8, 4) is 5.75 Å². The number of nitrogens with zero attached hydrogens (tertiary/aromatic N) is 1. The van der Waals surface area contributed by atoms with Crippen LogP contribution in [0.1, 0.15) is 12.0 Å². The zero-order valence-corrected chi connectivity index (χ0v) is 17.3. The predicted octanol–water partition coefficient (Wildman–Crippen LogP) is 3.97. The second-order valence-corrected chi connectivity index (χ2v) is 9.09. The van der Waals surface area contributed by atoms with Gasteiger partial charge in [0.15, 0.2) is 0 Å². The fourth-order valence-electron chi connectivity index (χ4n) is 2.82. The Hall–Kier alpha value is -2.12. The van der Waals surface area contributed by atoms with Crippen LogP contribution in [0.5, 0.6) is 5.75 Å². The molecule has 5 nitrogen and oxygen atoms in total. The summed E-state index contributed by atoms with van der Waals surface area (Å²) in [5.74, 6) is 1.14. The molecule has 0 aromatic heterocycles. The molecule has 1 aliphatic rings. The van der Waals surface area contributed by atoms with Gasteiger partial charge in [0.2, 0.25) is 0 Å². The Morgan fingerprint density at radius 3 is 2.43 bits per heavy atom. The Morgan fingerprint density at radius 2 is 1.71 bits per heavy atom. The van der Waals surface area contributed by atoms with Crippen molar-refractivity contribution >= 4 is 41.1 Å². The molecule has 0 bridgehead atoms. The van der Waals surface area contributed by atoms with Gasteiger partial charge in [0, 0.05) is 6.54 Å². The van der Waals surface area contributed by atoms with E-state index in [2.05, 4.69) is 4.74 Å². The zero-order chi connectivity index (χ0) is 19.8. The van der Waals surface area contributed by atoms with Crippen LogP contribution in [0.2, 0.25) is 0 Å². The van der Waals surface area contributed by atoms with Crippen LogP contribution in [0.3, 0.4) is 0 Å². The standard InChI is InChI=1S/C21H23NO4S2/c1-25-21(24)20(23)22(14-19-27-12-7-13-28-19)17-10-5-6-11-18(17)26-15-16-8-3-2-4-9-16/h2-6,8-11,19H,7,12-15H2,1H3. The highest BCUT2D eigenvalue weighted by Crippen LogP contribution is 2.35. The maximum Gasteiger partial charge on any atom is 0.397 e. The first kappa shape index (κ1) is 20.6. The number of hydrogen-bond acceptors (Lipinski definition) is 6. The number of rotatable bonds is 6. The third-order valence-electron chi connectivity index (χ3n) is 4.23. The summed E-state index contributed by atoms with van der Waals surface area (Å²) in [6, 6.07) is 17.1. The summed E-state index contributed by atoms with van der Waals surface area (Å²) in [4.78, 5) is 26.2. The molecule has 0 saturated carbocycles. The number of ether oxygens (including phenoxy) is 2. The van der Waals surface area contributed by atoms with Gasteiger partial charge in [0.1, 0.15) is 12.4 Å². The van der Waals surface area contributed by atoms with E-state index >= 15 is 0 Å². The molecule has 0 atom stereocenters. The number of carbonyl (C=O) groups excluding carboxylic acids is 2. The Kier molecular flexibility index (Phi) is 7.68. The van der Waals surface area contributed by atoms with Crippen LogP contribution in [0.4, 0.5) is 5.69 Å². The van der Waals surface area contributed by atoms with Crippen molar-refractivity contribution in [3.63, 3.8) is 0 Å². The monoisotopic (exact) mass is 417 g/mol. The van der Waals surface area contributed by atoms with Gasteiger partial charge in [-0.1, -0.05) is 42.5 Å². The van der Waals surface area contributed by atoms with Crippen LogP contribution in [-0.4, -0.2) is 41.6 Å². The predicted molar refractivity (Wildman–Crippen MR) is 115 cm³/mol. The van der Waals surface area contributed by atoms with Gasteiger partial charge in [-0.25, -0.2) is 4.79 Å². The highest BCUT2D eigenvalue weighted by atomic mass is 32.2. The van der Waals surface area contributed by atoms with Crippen LogP contribution in [0, 0.1) is 0 Å². The molecular formula is C21H23NO4S2. The van der Waals surface area contributed by atoms with Crippen molar-refractivity contribution in [3.05, 3.63) is 60.2 Å². The quantitative estimate of drug-likeness (QED) is 0.524. The van der Waals surface area contributed by atoms with Gasteiger partial charge in [-0.05, 0) is 35.6 Å². The van der Waals surface area contributed by atoms with E-state index in [4.69, 9.17) is 4.74 Å². The van der Waals surface area contributed by atoms with Gasteiger partial charge in [-0.2, -0.15) is 0 Å². The van der Waals surface area contributed by atoms with Gasteiger partial charge in [-0.3, -0.25) is 9.69 Å². The SMILES string of the molecule is COC(=O)C(=O)N(CC1SCCCS1)c1ccccc1OCc1ccccc1. The Morgan fingerprint density at radius 1 is 1.04 bits per heavy atom. The lowest BCUT2D eigenvalue weighted by Gasteiger charge is -2.29. The number of carbonyl (C=O) groups is 2. The van der Waals surface area contributed by atoms with Crippen LogP contribution < -0.4 is 9.64 Å². The Balaban J connectivity index is 1.83. The molecule has 2 aromatic rings. The maximum atomic E-state index is 12.8. The number of anilines is 1. The third-order valence-corrected chi connectivity index (χ3v) is 7.13. The summed E-state index contributed by atoms with van der Waals surface area (Å²) < 4.78 is 10.9. The minimum Gasteiger partial charge on any atom is -0.487 e. The van der Waals surface area contributed by atoms with Gasteiger partial charge >= 0.3 is 11.9 Å². The minimum atomic E-state index is -0.872. The third kappa shape index (κ3) is 5.45. The van der Waals surface area contributed by atoms with E-state index in [-0.39, 0.29) is 4.58 Å². The fourth-order valence-corrected chi connectivity index (χ4v) is 5.62. The number of thioether (sulfide) groups is 2. The molecule has 7 heteroatoms. The highest BCUT2D eigenvalue weighted by molar-refractivity contribution is 8.17. The zero-order valence-electron chi connectivity index (χ0n) is 15.7. The molecule has 1 amide bonds. The number of esters is 1. The molecule has 1 fully saturated rings. The van der Waals surface area contributed by atoms with E-state index in [0.29, 0.717) is 24.6 Å². The van der Waals surface area contributed by atoms with E-state index in [1.54, 1.807) is 6.07 Å². The van der Waals surface area contributed by atoms with Gasteiger partial charge in [0.25, 0.3) is 0 Å². The average Bonchev–Trinajstić information content (AvgIpc) is 2.76. The van der Waals surface area contributed by atoms with E-state index in [1.807, 2.05) is 72.1 Å². The number of hydrogen-bond donors (Lipinski definition) is 0. The van der Waals surface area contributed by atoms with Crippen LogP contribution in [-0.2, 0) is 20.9 Å². The average molecular weight is 418 g/mol. The molecule has 0 spiro atoms. The summed E-state index contributed by atoms with van der Waals surface area (Å²) in [5, 5.41) is 0. The van der Waals surface area contributed by atoms with E-state index in [9.17, 15) is 9.59 Å². The molecule has 0 unspecified atom stereocenters. The van der Waals surface area contributed by atoms with Gasteiger partial charge in [-0.15, -0.1) is 23.5 Å². The summed E-state index contributed by atoms with van der Waals surface area (Å²) >= 11 is 3.63. The molecule has 1 heterocycles. The van der Waals surface area contributed by atoms with Crippen molar-refractivity contribution < 1.29 is 19.1 Å². The van der Waals surface area contributed by atoms with Crippen molar-refractivity contribution in [2.45, 2.75) is 17.6 Å². The van der Waals surface area contributed by atoms with Gasteiger partial charge < -0.3 is 9.47 Å². The molecule has 148 valence electrons. The minimum absolute atomic E-state index is 0.213. The number of para-hydroxylation sites is 2.